The third-order valence-corrected chi connectivity index (χ3v) is 17.3. The zero-order chi connectivity index (χ0) is 39.5. The number of rotatable bonds is 5. The Morgan fingerprint density at radius 1 is 0.911 bits per heavy atom. The SMILES string of the molecule is CC1(C)CC[C@]2(C(=O)OCc3ccccc3)CC[C@]3(C)C(=C(c4ccc(N5CCN(N)CC5)nc4)CC4[C@@]5(C)Cc6c(N)n[nH]c6C(C)(C)C5CC[C@]43C)C2C1. The average Bonchev–Trinajstić information content (AvgIpc) is 3.54. The van der Waals surface area contributed by atoms with Crippen molar-refractivity contribution >= 4 is 23.2 Å². The highest BCUT2D eigenvalue weighted by molar-refractivity contribution is 5.81. The Hall–Kier alpha value is -3.69. The van der Waals surface area contributed by atoms with Crippen LogP contribution < -0.4 is 16.5 Å². The molecule has 0 radical (unpaired) electrons. The van der Waals surface area contributed by atoms with Gasteiger partial charge in [0.2, 0.25) is 0 Å². The van der Waals surface area contributed by atoms with Crippen LogP contribution in [0.4, 0.5) is 11.6 Å². The maximum atomic E-state index is 14.9. The summed E-state index contributed by atoms with van der Waals surface area (Å²) in [6.07, 6.45) is 11.1. The van der Waals surface area contributed by atoms with Gasteiger partial charge in [-0.2, -0.15) is 5.10 Å². The van der Waals surface area contributed by atoms with Crippen LogP contribution in [0.25, 0.3) is 5.57 Å². The van der Waals surface area contributed by atoms with Crippen molar-refractivity contribution in [2.45, 2.75) is 118 Å². The van der Waals surface area contributed by atoms with E-state index in [1.165, 1.54) is 35.2 Å². The van der Waals surface area contributed by atoms with E-state index in [4.69, 9.17) is 21.3 Å². The standard InChI is InChI=1S/C47H65N7O2/c1-42(2)17-19-47(41(55)56-29-30-11-9-8-10-12-30)20-18-46(7)38(34(47)27-42)32(31-13-14-37(50-28-31)53-21-23-54(49)24-22-53)25-36-44(5)26-33-39(51-52-40(33)48)43(3,4)35(44)15-16-45(36,46)6/h8-14,28,34-36H,15-27,29,49H2,1-7H3,(H3,48,51,52)/t34?,35?,36?,44-,45+,46+,47-/m0/s1. The van der Waals surface area contributed by atoms with Crippen molar-refractivity contribution < 1.29 is 9.53 Å². The maximum Gasteiger partial charge on any atom is 0.313 e. The summed E-state index contributed by atoms with van der Waals surface area (Å²) in [5.41, 5.74) is 13.8. The van der Waals surface area contributed by atoms with Crippen LogP contribution in [0.3, 0.4) is 0 Å². The largest absolute Gasteiger partial charge is 0.460 e. The number of hydrogen-bond donors (Lipinski definition) is 3. The van der Waals surface area contributed by atoms with Gasteiger partial charge in [0.05, 0.1) is 5.41 Å². The van der Waals surface area contributed by atoms with E-state index in [1.54, 1.807) is 5.57 Å². The lowest BCUT2D eigenvalue weighted by Crippen LogP contribution is -2.65. The van der Waals surface area contributed by atoms with Gasteiger partial charge in [-0.15, -0.1) is 0 Å². The summed E-state index contributed by atoms with van der Waals surface area (Å²) in [6.45, 7) is 21.3. The molecule has 1 aliphatic heterocycles. The van der Waals surface area contributed by atoms with Crippen LogP contribution in [-0.4, -0.2) is 52.3 Å². The van der Waals surface area contributed by atoms with E-state index in [0.29, 0.717) is 24.3 Å². The minimum absolute atomic E-state index is 0.00297. The fraction of sp³-hybridized carbons (Fsp3) is 0.638. The predicted octanol–water partition coefficient (Wildman–Crippen LogP) is 8.47. The van der Waals surface area contributed by atoms with Gasteiger partial charge in [-0.05, 0) is 126 Å². The number of pyridine rings is 1. The summed E-state index contributed by atoms with van der Waals surface area (Å²) < 4.78 is 6.41. The van der Waals surface area contributed by atoms with Crippen LogP contribution >= 0.6 is 0 Å². The number of H-pyrrole nitrogens is 1. The molecule has 3 heterocycles. The Kier molecular flexibility index (Phi) is 8.73. The molecule has 0 spiro atoms. The number of nitrogens with zero attached hydrogens (tertiary/aromatic N) is 4. The number of fused-ring (bicyclic) bond motifs is 8. The van der Waals surface area contributed by atoms with Gasteiger partial charge in [-0.25, -0.2) is 9.99 Å². The predicted molar refractivity (Wildman–Crippen MR) is 223 cm³/mol. The van der Waals surface area contributed by atoms with E-state index in [-0.39, 0.29) is 39.0 Å². The van der Waals surface area contributed by atoms with Crippen molar-refractivity contribution in [3.63, 3.8) is 0 Å². The van der Waals surface area contributed by atoms with Crippen molar-refractivity contribution in [2.24, 2.45) is 50.7 Å². The Labute approximate surface area is 334 Å². The third-order valence-electron chi connectivity index (χ3n) is 17.3. The molecule has 300 valence electrons. The van der Waals surface area contributed by atoms with Crippen molar-refractivity contribution in [1.29, 1.82) is 0 Å². The number of aromatic nitrogens is 3. The van der Waals surface area contributed by atoms with E-state index < -0.39 is 5.41 Å². The molecule has 9 rings (SSSR count). The van der Waals surface area contributed by atoms with Crippen molar-refractivity contribution in [3.05, 3.63) is 76.6 Å². The summed E-state index contributed by atoms with van der Waals surface area (Å²) in [5.74, 6) is 8.80. The molecule has 56 heavy (non-hydrogen) atoms. The Bertz CT molecular complexity index is 2030. The van der Waals surface area contributed by atoms with Crippen LogP contribution in [-0.2, 0) is 28.0 Å². The monoisotopic (exact) mass is 760 g/mol. The molecule has 6 aliphatic rings. The van der Waals surface area contributed by atoms with Crippen LogP contribution in [0, 0.1) is 44.8 Å². The van der Waals surface area contributed by atoms with Crippen LogP contribution in [0.2, 0.25) is 0 Å². The average molecular weight is 760 g/mol. The van der Waals surface area contributed by atoms with Crippen molar-refractivity contribution in [1.82, 2.24) is 20.2 Å². The van der Waals surface area contributed by atoms with Crippen LogP contribution in [0.5, 0.6) is 0 Å². The number of hydrazine groups is 1. The highest BCUT2D eigenvalue weighted by atomic mass is 16.5. The Morgan fingerprint density at radius 2 is 1.64 bits per heavy atom. The van der Waals surface area contributed by atoms with Gasteiger partial charge in [0.15, 0.2) is 0 Å². The first-order chi connectivity index (χ1) is 26.5. The third kappa shape index (κ3) is 5.49. The lowest BCUT2D eigenvalue weighted by Gasteiger charge is -2.71. The van der Waals surface area contributed by atoms with Crippen LogP contribution in [0.1, 0.15) is 122 Å². The van der Waals surface area contributed by atoms with Gasteiger partial charge in [0.1, 0.15) is 18.2 Å². The number of aromatic amines is 1. The number of carbonyl (C=O) groups is 1. The number of nitrogens with two attached hydrogens (primary N) is 2. The summed E-state index contributed by atoms with van der Waals surface area (Å²) >= 11 is 0. The first-order valence-electron chi connectivity index (χ1n) is 21.5. The molecule has 4 fully saturated rings. The van der Waals surface area contributed by atoms with Gasteiger partial charge in [0.25, 0.3) is 0 Å². The number of nitrogens with one attached hydrogen (secondary N) is 1. The van der Waals surface area contributed by atoms with E-state index in [9.17, 15) is 4.79 Å². The summed E-state index contributed by atoms with van der Waals surface area (Å²) in [7, 11) is 0. The van der Waals surface area contributed by atoms with Gasteiger partial charge in [-0.1, -0.05) is 84.4 Å². The molecule has 3 saturated carbocycles. The first kappa shape index (κ1) is 37.9. The molecule has 3 aromatic rings. The van der Waals surface area contributed by atoms with E-state index >= 15 is 0 Å². The lowest BCUT2D eigenvalue weighted by molar-refractivity contribution is -0.181. The number of hydrogen-bond acceptors (Lipinski definition) is 8. The molecule has 3 unspecified atom stereocenters. The number of piperazine rings is 1. The second-order valence-electron chi connectivity index (χ2n) is 20.9. The zero-order valence-corrected chi connectivity index (χ0v) is 35.0. The van der Waals surface area contributed by atoms with Gasteiger partial charge in [-0.3, -0.25) is 15.7 Å². The highest BCUT2D eigenvalue weighted by Crippen LogP contribution is 2.77. The Morgan fingerprint density at radius 3 is 2.36 bits per heavy atom. The highest BCUT2D eigenvalue weighted by Gasteiger charge is 2.70. The smallest absolute Gasteiger partial charge is 0.313 e. The number of esters is 1. The Balaban J connectivity index is 1.20. The second-order valence-corrected chi connectivity index (χ2v) is 20.9. The van der Waals surface area contributed by atoms with Gasteiger partial charge in [0, 0.05) is 49.0 Å². The molecule has 5 aliphatic carbocycles. The number of benzene rings is 1. The lowest BCUT2D eigenvalue weighted by atomic mass is 9.33. The molecule has 9 nitrogen and oxygen atoms in total. The molecule has 1 saturated heterocycles. The quantitative estimate of drug-likeness (QED) is 0.175. The fourth-order valence-electron chi connectivity index (χ4n) is 14.0. The second kappa shape index (κ2) is 12.9. The van der Waals surface area contributed by atoms with E-state index in [0.717, 1.165) is 82.5 Å². The molecule has 9 heteroatoms. The number of ether oxygens (including phenoxy) is 1. The van der Waals surface area contributed by atoms with Crippen LogP contribution in [0.15, 0.2) is 54.2 Å². The molecular formula is C47H65N7O2. The minimum Gasteiger partial charge on any atom is -0.460 e. The molecule has 0 amide bonds. The molecular weight excluding hydrogens is 695 g/mol. The molecule has 0 bridgehead atoms. The van der Waals surface area contributed by atoms with E-state index in [2.05, 4.69) is 94.0 Å². The maximum absolute atomic E-state index is 14.9. The molecule has 5 N–H and O–H groups in total. The molecule has 7 atom stereocenters. The number of carbonyl (C=O) groups excluding carboxylic acids is 1. The number of anilines is 2. The summed E-state index contributed by atoms with van der Waals surface area (Å²) in [6, 6.07) is 14.8. The van der Waals surface area contributed by atoms with Crippen molar-refractivity contribution in [3.8, 4) is 0 Å². The molecule has 1 aromatic carbocycles. The fourth-order valence-corrected chi connectivity index (χ4v) is 14.0. The summed E-state index contributed by atoms with van der Waals surface area (Å²) in [4.78, 5) is 22.5. The van der Waals surface area contributed by atoms with Gasteiger partial charge < -0.3 is 15.4 Å². The number of nitrogen functional groups attached to an aromatic ring is 1. The zero-order valence-electron chi connectivity index (χ0n) is 35.0. The normalized spacial score (nSPS) is 36.1. The van der Waals surface area contributed by atoms with E-state index in [1.807, 2.05) is 23.2 Å². The van der Waals surface area contributed by atoms with Gasteiger partial charge >= 0.3 is 5.97 Å². The first-order valence-corrected chi connectivity index (χ1v) is 21.5. The van der Waals surface area contributed by atoms with Crippen molar-refractivity contribution in [2.75, 3.05) is 36.8 Å². The minimum atomic E-state index is -0.545. The number of allylic oxidation sites excluding steroid dienone is 2. The summed E-state index contributed by atoms with van der Waals surface area (Å²) in [5, 5.41) is 9.88. The topological polar surface area (TPSA) is 126 Å². The molecule has 2 aromatic heterocycles.